The lowest BCUT2D eigenvalue weighted by Gasteiger charge is -2.09. The van der Waals surface area contributed by atoms with Crippen LogP contribution in [0.15, 0.2) is 41.0 Å². The number of nitriles is 1. The number of carbonyl (C=O) groups is 1. The topological polar surface area (TPSA) is 75.0 Å². The number of carbonyl (C=O) groups excluding carboxylic acids is 1. The lowest BCUT2D eigenvalue weighted by Crippen LogP contribution is -2.21. The Balaban J connectivity index is 1.98. The normalized spacial score (nSPS) is 9.76. The predicted molar refractivity (Wildman–Crippen MR) is 82.0 cm³/mol. The van der Waals surface area contributed by atoms with Crippen molar-refractivity contribution in [2.75, 3.05) is 11.9 Å². The molecule has 2 aromatic rings. The van der Waals surface area contributed by atoms with Gasteiger partial charge in [-0.25, -0.2) is 4.98 Å². The van der Waals surface area contributed by atoms with Gasteiger partial charge in [0.1, 0.15) is 17.6 Å². The van der Waals surface area contributed by atoms with E-state index < -0.39 is 0 Å². The van der Waals surface area contributed by atoms with Gasteiger partial charge in [-0.15, -0.1) is 0 Å². The molecule has 21 heavy (non-hydrogen) atoms. The van der Waals surface area contributed by atoms with E-state index in [4.69, 9.17) is 10.00 Å². The van der Waals surface area contributed by atoms with Crippen molar-refractivity contribution in [2.24, 2.45) is 0 Å². The third kappa shape index (κ3) is 4.04. The number of amides is 1. The van der Waals surface area contributed by atoms with E-state index in [1.54, 1.807) is 30.5 Å². The molecule has 0 atom stereocenters. The molecule has 106 valence electrons. The summed E-state index contributed by atoms with van der Waals surface area (Å²) in [6, 6.07) is 10.6. The van der Waals surface area contributed by atoms with Crippen LogP contribution in [0, 0.1) is 18.3 Å². The largest absolute Gasteiger partial charge is 0.482 e. The van der Waals surface area contributed by atoms with E-state index in [1.165, 1.54) is 0 Å². The van der Waals surface area contributed by atoms with Crippen molar-refractivity contribution < 1.29 is 9.53 Å². The monoisotopic (exact) mass is 345 g/mol. The fraction of sp³-hybridized carbons (Fsp3) is 0.133. The fourth-order valence-electron chi connectivity index (χ4n) is 1.67. The van der Waals surface area contributed by atoms with E-state index in [-0.39, 0.29) is 12.5 Å². The Kier molecular flexibility index (Phi) is 4.90. The Labute approximate surface area is 130 Å². The number of pyridine rings is 1. The Bertz CT molecular complexity index is 710. The Morgan fingerprint density at radius 1 is 1.48 bits per heavy atom. The minimum Gasteiger partial charge on any atom is -0.482 e. The van der Waals surface area contributed by atoms with Gasteiger partial charge < -0.3 is 10.1 Å². The van der Waals surface area contributed by atoms with Crippen LogP contribution in [0.1, 0.15) is 11.1 Å². The van der Waals surface area contributed by atoms with Crippen LogP contribution < -0.4 is 10.1 Å². The molecule has 0 unspecified atom stereocenters. The number of halogens is 1. The molecule has 0 aliphatic heterocycles. The van der Waals surface area contributed by atoms with Crippen LogP contribution >= 0.6 is 15.9 Å². The number of hydrogen-bond acceptors (Lipinski definition) is 4. The van der Waals surface area contributed by atoms with E-state index in [9.17, 15) is 4.79 Å². The van der Waals surface area contributed by atoms with Crippen LogP contribution in [-0.4, -0.2) is 17.5 Å². The highest BCUT2D eigenvalue weighted by Gasteiger charge is 2.09. The molecular weight excluding hydrogens is 334 g/mol. The maximum atomic E-state index is 11.9. The lowest BCUT2D eigenvalue weighted by atomic mass is 10.2. The fourth-order valence-corrected chi connectivity index (χ4v) is 2.11. The number of ether oxygens (including phenoxy) is 1. The van der Waals surface area contributed by atoms with Crippen molar-refractivity contribution in [1.29, 1.82) is 5.26 Å². The van der Waals surface area contributed by atoms with Gasteiger partial charge in [-0.05, 0) is 46.6 Å². The summed E-state index contributed by atoms with van der Waals surface area (Å²) >= 11 is 3.31. The molecule has 1 aromatic heterocycles. The van der Waals surface area contributed by atoms with Gasteiger partial charge in [0, 0.05) is 10.7 Å². The number of hydrogen-bond donors (Lipinski definition) is 1. The second-order valence-electron chi connectivity index (χ2n) is 4.26. The van der Waals surface area contributed by atoms with Gasteiger partial charge in [0.25, 0.3) is 5.91 Å². The average Bonchev–Trinajstić information content (AvgIpc) is 2.48. The van der Waals surface area contributed by atoms with Crippen LogP contribution in [-0.2, 0) is 4.79 Å². The molecule has 6 heteroatoms. The highest BCUT2D eigenvalue weighted by molar-refractivity contribution is 9.10. The molecule has 0 fully saturated rings. The zero-order valence-electron chi connectivity index (χ0n) is 11.3. The van der Waals surface area contributed by atoms with Crippen molar-refractivity contribution in [3.8, 4) is 11.8 Å². The lowest BCUT2D eigenvalue weighted by molar-refractivity contribution is -0.118. The maximum Gasteiger partial charge on any atom is 0.263 e. The molecule has 1 heterocycles. The third-order valence-electron chi connectivity index (χ3n) is 2.67. The minimum atomic E-state index is -0.333. The molecule has 0 aliphatic rings. The van der Waals surface area contributed by atoms with Gasteiger partial charge in [-0.2, -0.15) is 5.26 Å². The summed E-state index contributed by atoms with van der Waals surface area (Å²) in [5, 5.41) is 11.6. The smallest absolute Gasteiger partial charge is 0.263 e. The van der Waals surface area contributed by atoms with Gasteiger partial charge >= 0.3 is 0 Å². The highest BCUT2D eigenvalue weighted by atomic mass is 79.9. The number of aryl methyl sites for hydroxylation is 1. The van der Waals surface area contributed by atoms with Crippen molar-refractivity contribution in [2.45, 2.75) is 6.92 Å². The molecule has 1 amide bonds. The van der Waals surface area contributed by atoms with E-state index in [2.05, 4.69) is 26.2 Å². The highest BCUT2D eigenvalue weighted by Crippen LogP contribution is 2.18. The van der Waals surface area contributed by atoms with E-state index >= 15 is 0 Å². The van der Waals surface area contributed by atoms with E-state index in [1.807, 2.05) is 19.1 Å². The molecule has 1 N–H and O–H groups in total. The quantitative estimate of drug-likeness (QED) is 0.923. The molecule has 0 bridgehead atoms. The molecular formula is C15H12BrN3O2. The summed E-state index contributed by atoms with van der Waals surface area (Å²) in [4.78, 5) is 16.0. The molecule has 0 radical (unpaired) electrons. The SMILES string of the molecule is Cc1cc(Br)cnc1NC(=O)COc1ccccc1C#N. The molecule has 5 nitrogen and oxygen atoms in total. The van der Waals surface area contributed by atoms with Crippen LogP contribution in [0.4, 0.5) is 5.82 Å². The van der Waals surface area contributed by atoms with Crippen molar-refractivity contribution in [1.82, 2.24) is 4.98 Å². The predicted octanol–water partition coefficient (Wildman–Crippen LogP) is 3.04. The number of nitrogens with zero attached hydrogens (tertiary/aromatic N) is 2. The first-order chi connectivity index (χ1) is 10.1. The summed E-state index contributed by atoms with van der Waals surface area (Å²) in [6.07, 6.45) is 1.61. The van der Waals surface area contributed by atoms with Gasteiger partial charge in [-0.1, -0.05) is 12.1 Å². The first-order valence-electron chi connectivity index (χ1n) is 6.14. The molecule has 0 aliphatic carbocycles. The van der Waals surface area contributed by atoms with Gasteiger partial charge in [0.15, 0.2) is 6.61 Å². The molecule has 0 saturated carbocycles. The van der Waals surface area contributed by atoms with E-state index in [0.29, 0.717) is 17.1 Å². The van der Waals surface area contributed by atoms with Gasteiger partial charge in [-0.3, -0.25) is 4.79 Å². The molecule has 1 aromatic carbocycles. The summed E-state index contributed by atoms with van der Waals surface area (Å²) in [6.45, 7) is 1.66. The van der Waals surface area contributed by atoms with E-state index in [0.717, 1.165) is 10.0 Å². The van der Waals surface area contributed by atoms with Gasteiger partial charge in [0.2, 0.25) is 0 Å². The molecule has 0 spiro atoms. The van der Waals surface area contributed by atoms with Crippen molar-refractivity contribution in [3.63, 3.8) is 0 Å². The van der Waals surface area contributed by atoms with Crippen molar-refractivity contribution >= 4 is 27.7 Å². The summed E-state index contributed by atoms with van der Waals surface area (Å²) in [7, 11) is 0. The number of nitrogens with one attached hydrogen (secondary N) is 1. The Morgan fingerprint density at radius 2 is 2.24 bits per heavy atom. The number of benzene rings is 1. The number of anilines is 1. The number of para-hydroxylation sites is 1. The average molecular weight is 346 g/mol. The number of rotatable bonds is 4. The minimum absolute atomic E-state index is 0.185. The molecule has 2 rings (SSSR count). The zero-order valence-corrected chi connectivity index (χ0v) is 12.8. The number of aromatic nitrogens is 1. The van der Waals surface area contributed by atoms with Crippen LogP contribution in [0.2, 0.25) is 0 Å². The third-order valence-corrected chi connectivity index (χ3v) is 3.10. The van der Waals surface area contributed by atoms with Crippen molar-refractivity contribution in [3.05, 3.63) is 52.1 Å². The summed E-state index contributed by atoms with van der Waals surface area (Å²) < 4.78 is 6.20. The molecule has 0 saturated heterocycles. The maximum absolute atomic E-state index is 11.9. The first-order valence-corrected chi connectivity index (χ1v) is 6.93. The van der Waals surface area contributed by atoms with Crippen LogP contribution in [0.3, 0.4) is 0 Å². The van der Waals surface area contributed by atoms with Crippen LogP contribution in [0.5, 0.6) is 5.75 Å². The second kappa shape index (κ2) is 6.86. The second-order valence-corrected chi connectivity index (χ2v) is 5.18. The standard InChI is InChI=1S/C15H12BrN3O2/c1-10-6-12(16)8-18-15(10)19-14(20)9-21-13-5-3-2-4-11(13)7-17/h2-6,8H,9H2,1H3,(H,18,19,20). The van der Waals surface area contributed by atoms with Crippen LogP contribution in [0.25, 0.3) is 0 Å². The first kappa shape index (κ1) is 15.0. The zero-order chi connectivity index (χ0) is 15.2. The summed E-state index contributed by atoms with van der Waals surface area (Å²) in [5.74, 6) is 0.539. The Hall–Kier alpha value is -2.39. The Morgan fingerprint density at radius 3 is 2.95 bits per heavy atom. The van der Waals surface area contributed by atoms with Gasteiger partial charge in [0.05, 0.1) is 5.56 Å². The summed E-state index contributed by atoms with van der Waals surface area (Å²) in [5.41, 5.74) is 1.23.